The number of thioether (sulfide) groups is 1. The summed E-state index contributed by atoms with van der Waals surface area (Å²) in [4.78, 5) is 27.1. The molecular formula is C16H13NO2S. The number of para-hydroxylation sites is 1. The van der Waals surface area contributed by atoms with Gasteiger partial charge in [0.15, 0.2) is 0 Å². The summed E-state index contributed by atoms with van der Waals surface area (Å²) in [6, 6.07) is 17.0. The predicted molar refractivity (Wildman–Crippen MR) is 79.9 cm³/mol. The summed E-state index contributed by atoms with van der Waals surface area (Å²) in [6.07, 6.45) is 0. The minimum absolute atomic E-state index is 0.375. The molecule has 4 heteroatoms. The Bertz CT molecular complexity index is 669. The van der Waals surface area contributed by atoms with Crippen LogP contribution in [0.3, 0.4) is 0 Å². The van der Waals surface area contributed by atoms with Crippen LogP contribution in [0, 0.1) is 0 Å². The molecule has 1 aliphatic heterocycles. The number of rotatable bonds is 1. The summed E-state index contributed by atoms with van der Waals surface area (Å²) in [6.45, 7) is 0. The van der Waals surface area contributed by atoms with Crippen molar-refractivity contribution in [1.82, 2.24) is 0 Å². The first-order chi connectivity index (χ1) is 9.68. The lowest BCUT2D eigenvalue weighted by Gasteiger charge is -2.15. The second-order valence-electron chi connectivity index (χ2n) is 4.60. The molecule has 0 aliphatic carbocycles. The second-order valence-corrected chi connectivity index (χ2v) is 5.75. The predicted octanol–water partition coefficient (Wildman–Crippen LogP) is 3.07. The Hall–Kier alpha value is -2.07. The molecule has 1 unspecified atom stereocenters. The third-order valence-electron chi connectivity index (χ3n) is 3.33. The fourth-order valence-corrected chi connectivity index (χ4v) is 3.49. The Labute approximate surface area is 121 Å². The zero-order valence-corrected chi connectivity index (χ0v) is 11.8. The van der Waals surface area contributed by atoms with Crippen LogP contribution in [-0.2, 0) is 9.59 Å². The average molecular weight is 283 g/mol. The topological polar surface area (TPSA) is 37.4 Å². The van der Waals surface area contributed by atoms with E-state index in [0.717, 1.165) is 16.1 Å². The van der Waals surface area contributed by atoms with Crippen LogP contribution in [-0.4, -0.2) is 18.7 Å². The maximum absolute atomic E-state index is 12.4. The van der Waals surface area contributed by atoms with Gasteiger partial charge in [-0.25, -0.2) is 0 Å². The van der Waals surface area contributed by atoms with Gasteiger partial charge in [0.25, 0.3) is 5.91 Å². The highest BCUT2D eigenvalue weighted by atomic mass is 32.2. The molecule has 0 radical (unpaired) electrons. The lowest BCUT2D eigenvalue weighted by Crippen LogP contribution is -2.34. The highest BCUT2D eigenvalue weighted by Crippen LogP contribution is 2.43. The van der Waals surface area contributed by atoms with E-state index in [0.29, 0.717) is 0 Å². The summed E-state index contributed by atoms with van der Waals surface area (Å²) < 4.78 is 0. The fourth-order valence-electron chi connectivity index (χ4n) is 2.25. The van der Waals surface area contributed by atoms with Crippen molar-refractivity contribution in [2.45, 2.75) is 10.1 Å². The van der Waals surface area contributed by atoms with Gasteiger partial charge in [0.2, 0.25) is 5.78 Å². The minimum Gasteiger partial charge on any atom is -0.308 e. The Morgan fingerprint density at radius 1 is 0.950 bits per heavy atom. The molecule has 1 atom stereocenters. The molecule has 0 saturated carbocycles. The largest absolute Gasteiger partial charge is 0.308 e. The van der Waals surface area contributed by atoms with Gasteiger partial charge in [-0.15, -0.1) is 11.8 Å². The zero-order valence-electron chi connectivity index (χ0n) is 10.9. The van der Waals surface area contributed by atoms with Crippen LogP contribution in [0.15, 0.2) is 59.5 Å². The van der Waals surface area contributed by atoms with Crippen LogP contribution in [0.1, 0.15) is 10.8 Å². The van der Waals surface area contributed by atoms with Crippen molar-refractivity contribution in [3.05, 3.63) is 60.2 Å². The third-order valence-corrected chi connectivity index (χ3v) is 4.65. The maximum atomic E-state index is 12.4. The number of anilines is 1. The number of ketones is 1. The van der Waals surface area contributed by atoms with Crippen molar-refractivity contribution in [2.24, 2.45) is 0 Å². The highest BCUT2D eigenvalue weighted by molar-refractivity contribution is 8.00. The van der Waals surface area contributed by atoms with Crippen LogP contribution in [0.25, 0.3) is 0 Å². The number of carbonyl (C=O) groups excluding carboxylic acids is 2. The maximum Gasteiger partial charge on any atom is 0.295 e. The van der Waals surface area contributed by atoms with Crippen molar-refractivity contribution >= 4 is 29.1 Å². The molecule has 1 heterocycles. The number of hydrogen-bond acceptors (Lipinski definition) is 3. The van der Waals surface area contributed by atoms with Gasteiger partial charge in [-0.05, 0) is 17.7 Å². The van der Waals surface area contributed by atoms with Gasteiger partial charge in [0.1, 0.15) is 5.25 Å². The summed E-state index contributed by atoms with van der Waals surface area (Å²) in [5.74, 6) is -0.837. The highest BCUT2D eigenvalue weighted by Gasteiger charge is 2.35. The number of likely N-dealkylation sites (N-methyl/N-ethyl adjacent to an activating group) is 1. The van der Waals surface area contributed by atoms with Gasteiger partial charge in [-0.1, -0.05) is 42.5 Å². The van der Waals surface area contributed by atoms with Crippen molar-refractivity contribution in [3.63, 3.8) is 0 Å². The van der Waals surface area contributed by atoms with E-state index in [1.54, 1.807) is 7.05 Å². The van der Waals surface area contributed by atoms with Gasteiger partial charge in [-0.2, -0.15) is 0 Å². The van der Waals surface area contributed by atoms with Crippen LogP contribution < -0.4 is 4.90 Å². The molecule has 3 nitrogen and oxygen atoms in total. The van der Waals surface area contributed by atoms with Crippen molar-refractivity contribution in [2.75, 3.05) is 11.9 Å². The number of amides is 1. The number of carbonyl (C=O) groups is 2. The van der Waals surface area contributed by atoms with Crippen LogP contribution in [0.2, 0.25) is 0 Å². The van der Waals surface area contributed by atoms with E-state index < -0.39 is 11.2 Å². The zero-order chi connectivity index (χ0) is 14.1. The first-order valence-electron chi connectivity index (χ1n) is 6.31. The monoisotopic (exact) mass is 283 g/mol. The molecule has 0 spiro atoms. The first kappa shape index (κ1) is 12.9. The molecule has 100 valence electrons. The molecule has 2 aromatic carbocycles. The SMILES string of the molecule is CN1C(=O)C(=O)C(c2ccccc2)Sc2ccccc21. The van der Waals surface area contributed by atoms with Crippen molar-refractivity contribution in [1.29, 1.82) is 0 Å². The Morgan fingerprint density at radius 2 is 1.60 bits per heavy atom. The van der Waals surface area contributed by atoms with Gasteiger partial charge >= 0.3 is 0 Å². The normalized spacial score (nSPS) is 18.6. The number of nitrogens with zero attached hydrogens (tertiary/aromatic N) is 1. The van der Waals surface area contributed by atoms with Crippen molar-refractivity contribution < 1.29 is 9.59 Å². The van der Waals surface area contributed by atoms with Crippen LogP contribution >= 0.6 is 11.8 Å². The molecule has 1 aliphatic rings. The van der Waals surface area contributed by atoms with Crippen LogP contribution in [0.4, 0.5) is 5.69 Å². The molecule has 0 N–H and O–H groups in total. The summed E-state index contributed by atoms with van der Waals surface area (Å²) in [5.41, 5.74) is 1.65. The van der Waals surface area contributed by atoms with Crippen LogP contribution in [0.5, 0.6) is 0 Å². The molecule has 0 bridgehead atoms. The lowest BCUT2D eigenvalue weighted by atomic mass is 10.1. The molecule has 0 fully saturated rings. The summed E-state index contributed by atoms with van der Waals surface area (Å²) in [7, 11) is 1.65. The molecule has 3 rings (SSSR count). The Kier molecular flexibility index (Phi) is 3.32. The average Bonchev–Trinajstić information content (AvgIpc) is 2.60. The van der Waals surface area contributed by atoms with Gasteiger partial charge in [0, 0.05) is 11.9 Å². The van der Waals surface area contributed by atoms with E-state index in [-0.39, 0.29) is 5.78 Å². The molecular weight excluding hydrogens is 270 g/mol. The van der Waals surface area contributed by atoms with E-state index in [1.165, 1.54) is 16.7 Å². The third kappa shape index (κ3) is 2.12. The van der Waals surface area contributed by atoms with Gasteiger partial charge in [0.05, 0.1) is 5.69 Å². The lowest BCUT2D eigenvalue weighted by molar-refractivity contribution is -0.135. The molecule has 2 aromatic rings. The molecule has 0 aromatic heterocycles. The quantitative estimate of drug-likeness (QED) is 0.755. The smallest absolute Gasteiger partial charge is 0.295 e. The second kappa shape index (κ2) is 5.13. The summed E-state index contributed by atoms with van der Waals surface area (Å²) in [5, 5.41) is -0.477. The van der Waals surface area contributed by atoms with E-state index in [4.69, 9.17) is 0 Å². The molecule has 20 heavy (non-hydrogen) atoms. The minimum atomic E-state index is -0.477. The fraction of sp³-hybridized carbons (Fsp3) is 0.125. The molecule has 0 saturated heterocycles. The van der Waals surface area contributed by atoms with E-state index in [9.17, 15) is 9.59 Å². The summed E-state index contributed by atoms with van der Waals surface area (Å²) >= 11 is 1.43. The first-order valence-corrected chi connectivity index (χ1v) is 7.19. The van der Waals surface area contributed by atoms with Gasteiger partial charge < -0.3 is 4.90 Å². The van der Waals surface area contributed by atoms with Gasteiger partial charge in [-0.3, -0.25) is 9.59 Å². The molecule has 1 amide bonds. The number of hydrogen-bond donors (Lipinski definition) is 0. The van der Waals surface area contributed by atoms with E-state index in [1.807, 2.05) is 54.6 Å². The van der Waals surface area contributed by atoms with Crippen molar-refractivity contribution in [3.8, 4) is 0 Å². The standard InChI is InChI=1S/C16H13NO2S/c1-17-12-9-5-6-10-13(12)20-15(14(18)16(17)19)11-7-3-2-4-8-11/h2-10,15H,1H3. The Morgan fingerprint density at radius 3 is 2.35 bits per heavy atom. The van der Waals surface area contributed by atoms with E-state index >= 15 is 0 Å². The number of Topliss-reactive ketones (excluding diaryl/α,β-unsaturated/α-hetero) is 1. The van der Waals surface area contributed by atoms with E-state index in [2.05, 4.69) is 0 Å². The number of fused-ring (bicyclic) bond motifs is 1. The number of benzene rings is 2. The Balaban J connectivity index is 2.10.